The molecule has 5 heteroatoms. The standard InChI is InChI=1S/C9H13NO2S2/c1-6-3-4-8-7(5-6)9(13-10-8)14(2,11)12/h6H,3-5H2,1-2H3. The molecule has 1 aromatic rings. The SMILES string of the molecule is CC1CCc2nsc(S(C)(=O)=O)c2C1. The van der Waals surface area contributed by atoms with Crippen molar-refractivity contribution in [1.29, 1.82) is 0 Å². The molecule has 0 bridgehead atoms. The minimum absolute atomic E-state index is 0.485. The van der Waals surface area contributed by atoms with Crippen molar-refractivity contribution in [3.8, 4) is 0 Å². The summed E-state index contributed by atoms with van der Waals surface area (Å²) in [7, 11) is -3.07. The van der Waals surface area contributed by atoms with Crippen molar-refractivity contribution in [1.82, 2.24) is 4.37 Å². The normalized spacial score (nSPS) is 22.0. The van der Waals surface area contributed by atoms with Gasteiger partial charge in [-0.05, 0) is 36.7 Å². The Balaban J connectivity index is 2.51. The molecule has 3 nitrogen and oxygen atoms in total. The third-order valence-electron chi connectivity index (χ3n) is 2.60. The first-order valence-electron chi connectivity index (χ1n) is 4.66. The summed E-state index contributed by atoms with van der Waals surface area (Å²) >= 11 is 1.14. The van der Waals surface area contributed by atoms with Crippen LogP contribution in [0.5, 0.6) is 0 Å². The lowest BCUT2D eigenvalue weighted by molar-refractivity contribution is 0.493. The fraction of sp³-hybridized carbons (Fsp3) is 0.667. The molecule has 0 aliphatic heterocycles. The molecule has 1 heterocycles. The highest BCUT2D eigenvalue weighted by atomic mass is 32.2. The van der Waals surface area contributed by atoms with E-state index in [0.717, 1.165) is 42.1 Å². The van der Waals surface area contributed by atoms with Gasteiger partial charge in [0.05, 0.1) is 5.69 Å². The molecule has 1 aliphatic rings. The number of hydrogen-bond acceptors (Lipinski definition) is 4. The first-order valence-corrected chi connectivity index (χ1v) is 7.32. The van der Waals surface area contributed by atoms with Crippen LogP contribution in [0.3, 0.4) is 0 Å². The first-order chi connectivity index (χ1) is 6.48. The van der Waals surface area contributed by atoms with Gasteiger partial charge in [-0.25, -0.2) is 8.42 Å². The van der Waals surface area contributed by atoms with Gasteiger partial charge in [-0.3, -0.25) is 0 Å². The number of sulfone groups is 1. The highest BCUT2D eigenvalue weighted by Gasteiger charge is 2.25. The third kappa shape index (κ3) is 1.70. The van der Waals surface area contributed by atoms with Crippen molar-refractivity contribution in [3.05, 3.63) is 11.3 Å². The summed E-state index contributed by atoms with van der Waals surface area (Å²) in [5.74, 6) is 0.583. The van der Waals surface area contributed by atoms with Crippen LogP contribution in [0.4, 0.5) is 0 Å². The van der Waals surface area contributed by atoms with Gasteiger partial charge in [0, 0.05) is 11.8 Å². The second kappa shape index (κ2) is 3.31. The summed E-state index contributed by atoms with van der Waals surface area (Å²) in [4.78, 5) is 0. The van der Waals surface area contributed by atoms with Crippen molar-refractivity contribution in [3.63, 3.8) is 0 Å². The topological polar surface area (TPSA) is 47.0 Å². The Hall–Kier alpha value is -0.420. The second-order valence-electron chi connectivity index (χ2n) is 4.02. The van der Waals surface area contributed by atoms with E-state index in [1.807, 2.05) is 0 Å². The van der Waals surface area contributed by atoms with Crippen molar-refractivity contribution in [2.24, 2.45) is 5.92 Å². The van der Waals surface area contributed by atoms with Crippen LogP contribution in [-0.4, -0.2) is 19.0 Å². The average molecular weight is 231 g/mol. The van der Waals surface area contributed by atoms with Gasteiger partial charge >= 0.3 is 0 Å². The molecule has 0 spiro atoms. The van der Waals surface area contributed by atoms with E-state index >= 15 is 0 Å². The Morgan fingerprint density at radius 1 is 1.50 bits per heavy atom. The molecule has 0 radical (unpaired) electrons. The summed E-state index contributed by atoms with van der Waals surface area (Å²) in [6, 6.07) is 0. The van der Waals surface area contributed by atoms with E-state index in [9.17, 15) is 8.42 Å². The molecule has 78 valence electrons. The van der Waals surface area contributed by atoms with Gasteiger partial charge in [-0.15, -0.1) is 0 Å². The maximum atomic E-state index is 11.4. The Kier molecular flexibility index (Phi) is 2.39. The zero-order valence-electron chi connectivity index (χ0n) is 8.28. The molecule has 2 rings (SSSR count). The Labute approximate surface area is 88.2 Å². The van der Waals surface area contributed by atoms with E-state index in [-0.39, 0.29) is 0 Å². The summed E-state index contributed by atoms with van der Waals surface area (Å²) in [6.07, 6.45) is 4.19. The molecule has 0 fully saturated rings. The van der Waals surface area contributed by atoms with Crippen molar-refractivity contribution >= 4 is 21.4 Å². The molecule has 1 aromatic heterocycles. The van der Waals surface area contributed by atoms with Crippen LogP contribution in [0, 0.1) is 5.92 Å². The molecule has 0 amide bonds. The van der Waals surface area contributed by atoms with Crippen molar-refractivity contribution in [2.75, 3.05) is 6.26 Å². The summed E-state index contributed by atoms with van der Waals surface area (Å²) in [6.45, 7) is 2.16. The van der Waals surface area contributed by atoms with Crippen LogP contribution >= 0.6 is 11.5 Å². The van der Waals surface area contributed by atoms with Crippen LogP contribution in [-0.2, 0) is 22.7 Å². The van der Waals surface area contributed by atoms with Gasteiger partial charge < -0.3 is 0 Å². The number of hydrogen-bond donors (Lipinski definition) is 0. The molecule has 0 saturated heterocycles. The van der Waals surface area contributed by atoms with E-state index in [1.54, 1.807) is 0 Å². The summed E-state index contributed by atoms with van der Waals surface area (Å²) in [5, 5.41) is 0. The molecule has 14 heavy (non-hydrogen) atoms. The van der Waals surface area contributed by atoms with E-state index < -0.39 is 9.84 Å². The average Bonchev–Trinajstić information content (AvgIpc) is 2.45. The minimum atomic E-state index is -3.07. The fourth-order valence-corrected chi connectivity index (χ4v) is 3.86. The third-order valence-corrected chi connectivity index (χ3v) is 5.37. The van der Waals surface area contributed by atoms with Crippen LogP contribution in [0.25, 0.3) is 0 Å². The zero-order chi connectivity index (χ0) is 10.3. The van der Waals surface area contributed by atoms with Gasteiger partial charge in [0.15, 0.2) is 9.84 Å². The number of fused-ring (bicyclic) bond motifs is 1. The van der Waals surface area contributed by atoms with Crippen molar-refractivity contribution < 1.29 is 8.42 Å². The predicted molar refractivity (Wildman–Crippen MR) is 56.4 cm³/mol. The van der Waals surface area contributed by atoms with E-state index in [0.29, 0.717) is 10.1 Å². The minimum Gasteiger partial charge on any atom is -0.223 e. The molecule has 0 aromatic carbocycles. The lowest BCUT2D eigenvalue weighted by atomic mass is 9.89. The van der Waals surface area contributed by atoms with Crippen LogP contribution in [0.2, 0.25) is 0 Å². The van der Waals surface area contributed by atoms with E-state index in [4.69, 9.17) is 0 Å². The maximum absolute atomic E-state index is 11.4. The predicted octanol–water partition coefficient (Wildman–Crippen LogP) is 1.67. The Bertz CT molecular complexity index is 447. The largest absolute Gasteiger partial charge is 0.223 e. The van der Waals surface area contributed by atoms with Gasteiger partial charge in [-0.1, -0.05) is 6.92 Å². The molecule has 0 saturated carbocycles. The first kappa shape index (κ1) is 10.1. The van der Waals surface area contributed by atoms with Crippen LogP contribution in [0.15, 0.2) is 4.21 Å². The van der Waals surface area contributed by atoms with Gasteiger partial charge in [0.1, 0.15) is 4.21 Å². The van der Waals surface area contributed by atoms with Gasteiger partial charge in [-0.2, -0.15) is 4.37 Å². The van der Waals surface area contributed by atoms with Gasteiger partial charge in [0.25, 0.3) is 0 Å². The van der Waals surface area contributed by atoms with Crippen LogP contribution < -0.4 is 0 Å². The van der Waals surface area contributed by atoms with E-state index in [1.165, 1.54) is 6.26 Å². The Morgan fingerprint density at radius 3 is 2.86 bits per heavy atom. The molecule has 1 unspecified atom stereocenters. The van der Waals surface area contributed by atoms with Gasteiger partial charge in [0.2, 0.25) is 0 Å². The number of rotatable bonds is 1. The van der Waals surface area contributed by atoms with Crippen molar-refractivity contribution in [2.45, 2.75) is 30.4 Å². The number of nitrogens with zero attached hydrogens (tertiary/aromatic N) is 1. The smallest absolute Gasteiger partial charge is 0.186 e. The summed E-state index contributed by atoms with van der Waals surface area (Å²) < 4.78 is 27.6. The van der Waals surface area contributed by atoms with E-state index in [2.05, 4.69) is 11.3 Å². The molecule has 0 N–H and O–H groups in total. The monoisotopic (exact) mass is 231 g/mol. The molecule has 1 aliphatic carbocycles. The summed E-state index contributed by atoms with van der Waals surface area (Å²) in [5.41, 5.74) is 1.99. The Morgan fingerprint density at radius 2 is 2.21 bits per heavy atom. The number of aryl methyl sites for hydroxylation is 1. The fourth-order valence-electron chi connectivity index (χ4n) is 1.85. The maximum Gasteiger partial charge on any atom is 0.186 e. The second-order valence-corrected chi connectivity index (χ2v) is 7.00. The van der Waals surface area contributed by atoms with Crippen LogP contribution in [0.1, 0.15) is 24.6 Å². The quantitative estimate of drug-likeness (QED) is 0.738. The molecular weight excluding hydrogens is 218 g/mol. The lowest BCUT2D eigenvalue weighted by Crippen LogP contribution is -2.12. The number of aromatic nitrogens is 1. The molecule has 1 atom stereocenters. The highest BCUT2D eigenvalue weighted by Crippen LogP contribution is 2.32. The highest BCUT2D eigenvalue weighted by molar-refractivity contribution is 7.92. The zero-order valence-corrected chi connectivity index (χ0v) is 9.91. The molecular formula is C9H13NO2S2. The lowest BCUT2D eigenvalue weighted by Gasteiger charge is -2.17.